The number of methoxy groups -OCH3 is 1. The molecule has 2 aromatic rings. The summed E-state index contributed by atoms with van der Waals surface area (Å²) in [5.74, 6) is 0.500. The fraction of sp³-hybridized carbons (Fsp3) is 0.214. The Bertz CT molecular complexity index is 543. The fourth-order valence-electron chi connectivity index (χ4n) is 1.59. The first kappa shape index (κ1) is 13.3. The Labute approximate surface area is 110 Å². The van der Waals surface area contributed by atoms with Crippen LogP contribution in [0, 0.1) is 5.82 Å². The summed E-state index contributed by atoms with van der Waals surface area (Å²) < 4.78 is 23.5. The van der Waals surface area contributed by atoms with Crippen molar-refractivity contribution in [1.82, 2.24) is 4.98 Å². The van der Waals surface area contributed by atoms with Crippen LogP contribution in [0.2, 0.25) is 0 Å². The van der Waals surface area contributed by atoms with Gasteiger partial charge in [-0.15, -0.1) is 0 Å². The summed E-state index contributed by atoms with van der Waals surface area (Å²) in [5, 5.41) is 9.11. The normalized spacial score (nSPS) is 10.3. The van der Waals surface area contributed by atoms with E-state index in [1.54, 1.807) is 7.11 Å². The summed E-state index contributed by atoms with van der Waals surface area (Å²) in [4.78, 5) is 3.82. The average molecular weight is 263 g/mol. The van der Waals surface area contributed by atoms with E-state index in [0.29, 0.717) is 5.56 Å². The van der Waals surface area contributed by atoms with Crippen molar-refractivity contribution in [3.63, 3.8) is 0 Å². The minimum Gasteiger partial charge on any atom is -0.497 e. The maximum Gasteiger partial charge on any atom is 0.219 e. The average Bonchev–Trinajstić information content (AvgIpc) is 2.46. The monoisotopic (exact) mass is 263 g/mol. The Morgan fingerprint density at radius 2 is 2.00 bits per heavy atom. The van der Waals surface area contributed by atoms with E-state index in [9.17, 15) is 4.39 Å². The van der Waals surface area contributed by atoms with Crippen molar-refractivity contribution in [2.45, 2.75) is 13.2 Å². The molecule has 0 radical (unpaired) electrons. The van der Waals surface area contributed by atoms with Gasteiger partial charge in [0.1, 0.15) is 18.2 Å². The number of pyridine rings is 1. The quantitative estimate of drug-likeness (QED) is 0.899. The zero-order valence-electron chi connectivity index (χ0n) is 10.5. The van der Waals surface area contributed by atoms with Crippen molar-refractivity contribution in [3.05, 3.63) is 53.5 Å². The molecule has 2 rings (SSSR count). The van der Waals surface area contributed by atoms with Crippen molar-refractivity contribution in [2.24, 2.45) is 0 Å². The second kappa shape index (κ2) is 6.15. The number of hydrogen-bond donors (Lipinski definition) is 1. The molecular formula is C14H14FNO3. The van der Waals surface area contributed by atoms with Gasteiger partial charge in [-0.3, -0.25) is 0 Å². The number of rotatable bonds is 5. The molecule has 0 saturated carbocycles. The minimum atomic E-state index is -0.499. The Hall–Kier alpha value is -2.14. The van der Waals surface area contributed by atoms with Gasteiger partial charge in [0.15, 0.2) is 0 Å². The Morgan fingerprint density at radius 1 is 1.26 bits per heavy atom. The Kier molecular flexibility index (Phi) is 4.30. The number of aliphatic hydroxyl groups excluding tert-OH is 1. The van der Waals surface area contributed by atoms with Crippen molar-refractivity contribution >= 4 is 0 Å². The van der Waals surface area contributed by atoms with Gasteiger partial charge in [-0.25, -0.2) is 9.37 Å². The highest BCUT2D eigenvalue weighted by Gasteiger charge is 2.06. The first-order chi connectivity index (χ1) is 9.22. The van der Waals surface area contributed by atoms with E-state index in [1.807, 2.05) is 24.3 Å². The molecular weight excluding hydrogens is 249 g/mol. The van der Waals surface area contributed by atoms with Gasteiger partial charge in [0.2, 0.25) is 5.88 Å². The van der Waals surface area contributed by atoms with Crippen molar-refractivity contribution in [1.29, 1.82) is 0 Å². The molecule has 0 fully saturated rings. The molecule has 1 N–H and O–H groups in total. The maximum atomic E-state index is 12.9. The van der Waals surface area contributed by atoms with E-state index in [4.69, 9.17) is 14.6 Å². The highest BCUT2D eigenvalue weighted by Crippen LogP contribution is 2.18. The predicted octanol–water partition coefficient (Wildman–Crippen LogP) is 2.30. The lowest BCUT2D eigenvalue weighted by atomic mass is 10.2. The lowest BCUT2D eigenvalue weighted by molar-refractivity contribution is 0.251. The first-order valence-corrected chi connectivity index (χ1v) is 5.74. The van der Waals surface area contributed by atoms with Gasteiger partial charge in [-0.2, -0.15) is 0 Å². The molecule has 100 valence electrons. The SMILES string of the molecule is COc1ccc(COc2ncc(F)cc2CO)cc1. The molecule has 0 aliphatic heterocycles. The van der Waals surface area contributed by atoms with Crippen LogP contribution in [0.5, 0.6) is 11.6 Å². The van der Waals surface area contributed by atoms with E-state index in [1.165, 1.54) is 6.07 Å². The van der Waals surface area contributed by atoms with Gasteiger partial charge in [-0.1, -0.05) is 12.1 Å². The summed E-state index contributed by atoms with van der Waals surface area (Å²) >= 11 is 0. The van der Waals surface area contributed by atoms with Crippen LogP contribution in [0.4, 0.5) is 4.39 Å². The Morgan fingerprint density at radius 3 is 2.63 bits per heavy atom. The van der Waals surface area contributed by atoms with E-state index >= 15 is 0 Å². The molecule has 0 spiro atoms. The lowest BCUT2D eigenvalue weighted by Gasteiger charge is -2.09. The summed E-state index contributed by atoms with van der Waals surface area (Å²) in [6, 6.07) is 8.58. The van der Waals surface area contributed by atoms with Crippen LogP contribution in [0.1, 0.15) is 11.1 Å². The molecule has 0 amide bonds. The van der Waals surface area contributed by atoms with Gasteiger partial charge >= 0.3 is 0 Å². The van der Waals surface area contributed by atoms with E-state index in [2.05, 4.69) is 4.98 Å². The van der Waals surface area contributed by atoms with Gasteiger partial charge < -0.3 is 14.6 Å². The zero-order chi connectivity index (χ0) is 13.7. The third-order valence-corrected chi connectivity index (χ3v) is 2.60. The third kappa shape index (κ3) is 3.42. The number of benzene rings is 1. The van der Waals surface area contributed by atoms with Gasteiger partial charge in [0.05, 0.1) is 19.9 Å². The molecule has 4 nitrogen and oxygen atoms in total. The molecule has 19 heavy (non-hydrogen) atoms. The van der Waals surface area contributed by atoms with Crippen LogP contribution < -0.4 is 9.47 Å². The third-order valence-electron chi connectivity index (χ3n) is 2.60. The molecule has 1 aromatic heterocycles. The standard InChI is InChI=1S/C14H14FNO3/c1-18-13-4-2-10(3-5-13)9-19-14-11(8-17)6-12(15)7-16-14/h2-7,17H,8-9H2,1H3. The van der Waals surface area contributed by atoms with Crippen LogP contribution in [-0.2, 0) is 13.2 Å². The zero-order valence-corrected chi connectivity index (χ0v) is 10.5. The fourth-order valence-corrected chi connectivity index (χ4v) is 1.59. The highest BCUT2D eigenvalue weighted by atomic mass is 19.1. The van der Waals surface area contributed by atoms with E-state index in [-0.39, 0.29) is 19.1 Å². The first-order valence-electron chi connectivity index (χ1n) is 5.74. The molecule has 1 aromatic carbocycles. The molecule has 0 saturated heterocycles. The van der Waals surface area contributed by atoms with Crippen molar-refractivity contribution in [2.75, 3.05) is 7.11 Å². The number of nitrogens with zero attached hydrogens (tertiary/aromatic N) is 1. The van der Waals surface area contributed by atoms with Crippen LogP contribution in [-0.4, -0.2) is 17.2 Å². The molecule has 0 atom stereocenters. The number of halogens is 1. The number of aliphatic hydroxyl groups is 1. The molecule has 0 aliphatic rings. The molecule has 0 unspecified atom stereocenters. The predicted molar refractivity (Wildman–Crippen MR) is 67.4 cm³/mol. The maximum absolute atomic E-state index is 12.9. The smallest absolute Gasteiger partial charge is 0.219 e. The Balaban J connectivity index is 2.05. The van der Waals surface area contributed by atoms with Crippen LogP contribution in [0.25, 0.3) is 0 Å². The molecule has 5 heteroatoms. The lowest BCUT2D eigenvalue weighted by Crippen LogP contribution is -2.01. The van der Waals surface area contributed by atoms with E-state index < -0.39 is 5.82 Å². The molecule has 0 aliphatic carbocycles. The van der Waals surface area contributed by atoms with Gasteiger partial charge in [-0.05, 0) is 23.8 Å². The summed E-state index contributed by atoms with van der Waals surface area (Å²) in [5.41, 5.74) is 1.25. The number of aromatic nitrogens is 1. The van der Waals surface area contributed by atoms with Crippen molar-refractivity contribution in [3.8, 4) is 11.6 Å². The number of ether oxygens (including phenoxy) is 2. The summed E-state index contributed by atoms with van der Waals surface area (Å²) in [7, 11) is 1.60. The molecule has 0 bridgehead atoms. The summed E-state index contributed by atoms with van der Waals surface area (Å²) in [6.45, 7) is -0.0294. The summed E-state index contributed by atoms with van der Waals surface area (Å²) in [6.07, 6.45) is 1.06. The van der Waals surface area contributed by atoms with Gasteiger partial charge in [0.25, 0.3) is 0 Å². The highest BCUT2D eigenvalue weighted by molar-refractivity contribution is 5.28. The van der Waals surface area contributed by atoms with E-state index in [0.717, 1.165) is 17.5 Å². The largest absolute Gasteiger partial charge is 0.497 e. The minimum absolute atomic E-state index is 0.236. The van der Waals surface area contributed by atoms with Crippen LogP contribution in [0.3, 0.4) is 0 Å². The topological polar surface area (TPSA) is 51.6 Å². The van der Waals surface area contributed by atoms with Crippen LogP contribution >= 0.6 is 0 Å². The van der Waals surface area contributed by atoms with Crippen LogP contribution in [0.15, 0.2) is 36.5 Å². The number of hydrogen-bond acceptors (Lipinski definition) is 4. The second-order valence-electron chi connectivity index (χ2n) is 3.91. The second-order valence-corrected chi connectivity index (χ2v) is 3.91. The van der Waals surface area contributed by atoms with Gasteiger partial charge in [0, 0.05) is 5.56 Å². The molecule has 1 heterocycles. The van der Waals surface area contributed by atoms with Crippen molar-refractivity contribution < 1.29 is 19.0 Å².